The van der Waals surface area contributed by atoms with Crippen molar-refractivity contribution in [3.63, 3.8) is 0 Å². The number of rotatable bonds is 2. The number of halogens is 1. The largest absolute Gasteiger partial charge is 0.340 e. The Kier molecular flexibility index (Phi) is 3.05. The van der Waals surface area contributed by atoms with Crippen LogP contribution >= 0.6 is 11.6 Å². The second-order valence-electron chi connectivity index (χ2n) is 4.37. The van der Waals surface area contributed by atoms with Crippen LogP contribution in [0, 0.1) is 6.92 Å². The van der Waals surface area contributed by atoms with Crippen LogP contribution in [0.25, 0.3) is 10.9 Å². The molecule has 2 aromatic carbocycles. The number of benzene rings is 2. The van der Waals surface area contributed by atoms with Crippen molar-refractivity contribution < 1.29 is 0 Å². The molecule has 0 aliphatic rings. The van der Waals surface area contributed by atoms with Gasteiger partial charge in [-0.3, -0.25) is 0 Å². The van der Waals surface area contributed by atoms with Gasteiger partial charge < -0.3 is 5.32 Å². The molecular weight excluding hydrogens is 258 g/mol. The van der Waals surface area contributed by atoms with Crippen LogP contribution in [0.1, 0.15) is 5.56 Å². The highest BCUT2D eigenvalue weighted by Crippen LogP contribution is 2.24. The van der Waals surface area contributed by atoms with E-state index in [0.717, 1.165) is 22.4 Å². The molecule has 0 radical (unpaired) electrons. The SMILES string of the molecule is Cc1ccc2ncnc(Nc3ccc(Cl)cc3)c2c1. The van der Waals surface area contributed by atoms with E-state index in [1.165, 1.54) is 5.56 Å². The van der Waals surface area contributed by atoms with Crippen LogP contribution in [-0.4, -0.2) is 9.97 Å². The summed E-state index contributed by atoms with van der Waals surface area (Å²) in [5, 5.41) is 5.02. The van der Waals surface area contributed by atoms with E-state index in [2.05, 4.69) is 28.3 Å². The number of fused-ring (bicyclic) bond motifs is 1. The molecule has 94 valence electrons. The zero-order chi connectivity index (χ0) is 13.2. The van der Waals surface area contributed by atoms with E-state index >= 15 is 0 Å². The number of nitrogens with one attached hydrogen (secondary N) is 1. The van der Waals surface area contributed by atoms with Crippen molar-refractivity contribution in [1.29, 1.82) is 0 Å². The Balaban J connectivity index is 2.05. The van der Waals surface area contributed by atoms with Gasteiger partial charge in [-0.05, 0) is 43.3 Å². The van der Waals surface area contributed by atoms with Gasteiger partial charge in [-0.1, -0.05) is 23.2 Å². The lowest BCUT2D eigenvalue weighted by Gasteiger charge is -2.08. The van der Waals surface area contributed by atoms with E-state index < -0.39 is 0 Å². The standard InChI is InChI=1S/C15H12ClN3/c1-10-2-7-14-13(8-10)15(18-9-17-14)19-12-5-3-11(16)4-6-12/h2-9H,1H3,(H,17,18,19). The van der Waals surface area contributed by atoms with Crippen LogP contribution in [0.5, 0.6) is 0 Å². The number of anilines is 2. The third-order valence-electron chi connectivity index (χ3n) is 2.90. The van der Waals surface area contributed by atoms with Crippen molar-refractivity contribution in [2.75, 3.05) is 5.32 Å². The quantitative estimate of drug-likeness (QED) is 0.752. The Morgan fingerprint density at radius 3 is 2.58 bits per heavy atom. The van der Waals surface area contributed by atoms with Crippen LogP contribution in [0.15, 0.2) is 48.8 Å². The van der Waals surface area contributed by atoms with Crippen molar-refractivity contribution in [1.82, 2.24) is 9.97 Å². The van der Waals surface area contributed by atoms with Crippen LogP contribution < -0.4 is 5.32 Å². The maximum atomic E-state index is 5.88. The van der Waals surface area contributed by atoms with Gasteiger partial charge in [0.15, 0.2) is 0 Å². The summed E-state index contributed by atoms with van der Waals surface area (Å²) in [6.45, 7) is 2.05. The molecule has 0 saturated carbocycles. The summed E-state index contributed by atoms with van der Waals surface area (Å²) >= 11 is 5.88. The van der Waals surface area contributed by atoms with E-state index in [1.807, 2.05) is 36.4 Å². The minimum atomic E-state index is 0.717. The molecule has 0 atom stereocenters. The Hall–Kier alpha value is -2.13. The van der Waals surface area contributed by atoms with Gasteiger partial charge in [0.05, 0.1) is 5.52 Å². The average molecular weight is 270 g/mol. The van der Waals surface area contributed by atoms with Crippen LogP contribution in [0.3, 0.4) is 0 Å². The van der Waals surface area contributed by atoms with Crippen LogP contribution in [-0.2, 0) is 0 Å². The molecule has 3 rings (SSSR count). The lowest BCUT2D eigenvalue weighted by Crippen LogP contribution is -1.96. The molecule has 3 nitrogen and oxygen atoms in total. The lowest BCUT2D eigenvalue weighted by atomic mass is 10.1. The second-order valence-corrected chi connectivity index (χ2v) is 4.81. The van der Waals surface area contributed by atoms with Crippen LogP contribution in [0.2, 0.25) is 5.02 Å². The first-order valence-corrected chi connectivity index (χ1v) is 6.34. The van der Waals surface area contributed by atoms with Gasteiger partial charge >= 0.3 is 0 Å². The highest BCUT2D eigenvalue weighted by atomic mass is 35.5. The summed E-state index contributed by atoms with van der Waals surface area (Å²) in [5.41, 5.74) is 3.06. The molecule has 1 aromatic heterocycles. The van der Waals surface area contributed by atoms with Gasteiger partial charge in [0, 0.05) is 16.1 Å². The summed E-state index contributed by atoms with van der Waals surface area (Å²) in [5.74, 6) is 0.802. The Labute approximate surface area is 116 Å². The van der Waals surface area contributed by atoms with Gasteiger partial charge in [-0.25, -0.2) is 9.97 Å². The fourth-order valence-electron chi connectivity index (χ4n) is 1.94. The molecule has 0 saturated heterocycles. The number of hydrogen-bond acceptors (Lipinski definition) is 3. The van der Waals surface area contributed by atoms with E-state index in [4.69, 9.17) is 11.6 Å². The molecule has 0 unspecified atom stereocenters. The normalized spacial score (nSPS) is 10.6. The van der Waals surface area contributed by atoms with E-state index in [1.54, 1.807) is 6.33 Å². The minimum absolute atomic E-state index is 0.717. The molecule has 0 aliphatic heterocycles. The molecule has 0 spiro atoms. The molecule has 0 fully saturated rings. The Morgan fingerprint density at radius 1 is 1.00 bits per heavy atom. The topological polar surface area (TPSA) is 37.8 Å². The molecule has 0 bridgehead atoms. The number of hydrogen-bond donors (Lipinski definition) is 1. The van der Waals surface area contributed by atoms with E-state index in [0.29, 0.717) is 5.02 Å². The number of aromatic nitrogens is 2. The second kappa shape index (κ2) is 4.86. The zero-order valence-electron chi connectivity index (χ0n) is 10.4. The van der Waals surface area contributed by atoms with Gasteiger partial charge in [-0.2, -0.15) is 0 Å². The van der Waals surface area contributed by atoms with Gasteiger partial charge in [-0.15, -0.1) is 0 Å². The Morgan fingerprint density at radius 2 is 1.79 bits per heavy atom. The van der Waals surface area contributed by atoms with Gasteiger partial charge in [0.25, 0.3) is 0 Å². The van der Waals surface area contributed by atoms with E-state index in [9.17, 15) is 0 Å². The van der Waals surface area contributed by atoms with Crippen molar-refractivity contribution in [3.05, 3.63) is 59.4 Å². The molecular formula is C15H12ClN3. The first kappa shape index (κ1) is 11.9. The maximum absolute atomic E-state index is 5.88. The smallest absolute Gasteiger partial charge is 0.141 e. The zero-order valence-corrected chi connectivity index (χ0v) is 11.1. The fraction of sp³-hybridized carbons (Fsp3) is 0.0667. The summed E-state index contributed by atoms with van der Waals surface area (Å²) in [6.07, 6.45) is 1.57. The van der Waals surface area contributed by atoms with Crippen molar-refractivity contribution in [3.8, 4) is 0 Å². The monoisotopic (exact) mass is 269 g/mol. The summed E-state index contributed by atoms with van der Waals surface area (Å²) in [7, 11) is 0. The predicted molar refractivity (Wildman–Crippen MR) is 79.0 cm³/mol. The maximum Gasteiger partial charge on any atom is 0.141 e. The first-order chi connectivity index (χ1) is 9.22. The third-order valence-corrected chi connectivity index (χ3v) is 3.15. The number of aryl methyl sites for hydroxylation is 1. The van der Waals surface area contributed by atoms with Gasteiger partial charge in [0.2, 0.25) is 0 Å². The molecule has 3 aromatic rings. The molecule has 1 heterocycles. The molecule has 4 heteroatoms. The van der Waals surface area contributed by atoms with Crippen molar-refractivity contribution >= 4 is 34.0 Å². The first-order valence-electron chi connectivity index (χ1n) is 5.96. The molecule has 19 heavy (non-hydrogen) atoms. The van der Waals surface area contributed by atoms with Gasteiger partial charge in [0.1, 0.15) is 12.1 Å². The van der Waals surface area contributed by atoms with E-state index in [-0.39, 0.29) is 0 Å². The molecule has 0 aliphatic carbocycles. The van der Waals surface area contributed by atoms with Crippen molar-refractivity contribution in [2.45, 2.75) is 6.92 Å². The van der Waals surface area contributed by atoms with Crippen LogP contribution in [0.4, 0.5) is 11.5 Å². The fourth-order valence-corrected chi connectivity index (χ4v) is 2.07. The lowest BCUT2D eigenvalue weighted by molar-refractivity contribution is 1.21. The highest BCUT2D eigenvalue weighted by Gasteiger charge is 2.04. The third kappa shape index (κ3) is 2.51. The molecule has 1 N–H and O–H groups in total. The summed E-state index contributed by atoms with van der Waals surface area (Å²) in [4.78, 5) is 8.58. The minimum Gasteiger partial charge on any atom is -0.340 e. The summed E-state index contributed by atoms with van der Waals surface area (Å²) in [6, 6.07) is 13.7. The summed E-state index contributed by atoms with van der Waals surface area (Å²) < 4.78 is 0. The highest BCUT2D eigenvalue weighted by molar-refractivity contribution is 6.30. The number of nitrogens with zero attached hydrogens (tertiary/aromatic N) is 2. The van der Waals surface area contributed by atoms with Crippen molar-refractivity contribution in [2.24, 2.45) is 0 Å². The molecule has 0 amide bonds. The average Bonchev–Trinajstić information content (AvgIpc) is 2.42. The Bertz CT molecular complexity index is 723. The predicted octanol–water partition coefficient (Wildman–Crippen LogP) is 4.34.